The second-order valence-electron chi connectivity index (χ2n) is 9.62. The van der Waals surface area contributed by atoms with Gasteiger partial charge in [0.25, 0.3) is 0 Å². The number of rotatable bonds is 8. The van der Waals surface area contributed by atoms with E-state index in [2.05, 4.69) is 15.3 Å². The van der Waals surface area contributed by atoms with Crippen LogP contribution in [0.5, 0.6) is 0 Å². The van der Waals surface area contributed by atoms with Crippen LogP contribution in [0, 0.1) is 17.6 Å². The molecule has 0 spiro atoms. The van der Waals surface area contributed by atoms with Crippen molar-refractivity contribution in [2.45, 2.75) is 30.1 Å². The van der Waals surface area contributed by atoms with E-state index in [1.807, 2.05) is 0 Å². The first-order valence-corrected chi connectivity index (χ1v) is 14.3. The van der Waals surface area contributed by atoms with Gasteiger partial charge in [-0.15, -0.1) is 10.2 Å². The monoisotopic (exact) mass is 643 g/mol. The van der Waals surface area contributed by atoms with E-state index in [1.165, 1.54) is 30.3 Å². The molecule has 5 rings (SSSR count). The molecular formula is C28H21F8N5S2. The second-order valence-corrected chi connectivity index (χ2v) is 11.9. The van der Waals surface area contributed by atoms with E-state index >= 15 is 0 Å². The number of nitrogens with zero attached hydrogens (tertiary/aromatic N) is 4. The van der Waals surface area contributed by atoms with Crippen LogP contribution in [0.3, 0.4) is 0 Å². The SMILES string of the molecule is NCC(CC1(c2ccccc2)SC(c2cc(F)ccc2C(F)(F)F)=NN1c1nnc(Cc2cccc(F)c2)s1)C(F)(F)F. The van der Waals surface area contributed by atoms with Crippen molar-refractivity contribution in [3.05, 3.63) is 112 Å². The number of hydrazone groups is 1. The van der Waals surface area contributed by atoms with Gasteiger partial charge >= 0.3 is 12.4 Å². The summed E-state index contributed by atoms with van der Waals surface area (Å²) in [6, 6.07) is 15.4. The maximum atomic E-state index is 14.3. The summed E-state index contributed by atoms with van der Waals surface area (Å²) in [6.07, 6.45) is -10.3. The van der Waals surface area contributed by atoms with Crippen molar-refractivity contribution in [1.29, 1.82) is 0 Å². The summed E-state index contributed by atoms with van der Waals surface area (Å²) in [5, 5.41) is 13.6. The van der Waals surface area contributed by atoms with E-state index in [0.29, 0.717) is 40.5 Å². The Balaban J connectivity index is 1.68. The van der Waals surface area contributed by atoms with Crippen LogP contribution in [0.15, 0.2) is 77.9 Å². The molecule has 4 aromatic rings. The highest BCUT2D eigenvalue weighted by Gasteiger charge is 2.54. The Hall–Kier alpha value is -3.56. The molecule has 0 amide bonds. The van der Waals surface area contributed by atoms with Gasteiger partial charge in [0.1, 0.15) is 26.6 Å². The third-order valence-electron chi connectivity index (χ3n) is 6.69. The fourth-order valence-corrected chi connectivity index (χ4v) is 7.08. The smallest absolute Gasteiger partial charge is 0.330 e. The fourth-order valence-electron chi connectivity index (χ4n) is 4.66. The molecule has 0 saturated heterocycles. The van der Waals surface area contributed by atoms with E-state index in [-0.39, 0.29) is 22.2 Å². The molecular weight excluding hydrogens is 622 g/mol. The largest absolute Gasteiger partial charge is 0.417 e. The average molecular weight is 644 g/mol. The lowest BCUT2D eigenvalue weighted by molar-refractivity contribution is -0.175. The molecule has 15 heteroatoms. The number of hydrogen-bond acceptors (Lipinski definition) is 7. The van der Waals surface area contributed by atoms with Crippen LogP contribution in [0.1, 0.15) is 33.7 Å². The van der Waals surface area contributed by atoms with Gasteiger partial charge in [0.05, 0.1) is 11.5 Å². The van der Waals surface area contributed by atoms with E-state index in [1.54, 1.807) is 24.3 Å². The number of aromatic nitrogens is 2. The molecule has 0 saturated carbocycles. The van der Waals surface area contributed by atoms with Gasteiger partial charge < -0.3 is 5.73 Å². The first kappa shape index (κ1) is 30.9. The fraction of sp³-hybridized carbons (Fsp3) is 0.250. The Labute approximate surface area is 248 Å². The predicted molar refractivity (Wildman–Crippen MR) is 148 cm³/mol. The van der Waals surface area contributed by atoms with Crippen molar-refractivity contribution in [2.75, 3.05) is 11.6 Å². The van der Waals surface area contributed by atoms with Crippen LogP contribution in [-0.4, -0.2) is 28.0 Å². The quantitative estimate of drug-likeness (QED) is 0.199. The Morgan fingerprint density at radius 1 is 0.860 bits per heavy atom. The van der Waals surface area contributed by atoms with Crippen LogP contribution in [-0.2, 0) is 17.5 Å². The van der Waals surface area contributed by atoms with Gasteiger partial charge in [0, 0.05) is 18.5 Å². The molecule has 2 atom stereocenters. The lowest BCUT2D eigenvalue weighted by Gasteiger charge is -2.38. The minimum Gasteiger partial charge on any atom is -0.330 e. The molecule has 0 aliphatic carbocycles. The summed E-state index contributed by atoms with van der Waals surface area (Å²) in [4.78, 5) is -1.80. The molecule has 5 nitrogen and oxygen atoms in total. The van der Waals surface area contributed by atoms with Crippen molar-refractivity contribution in [1.82, 2.24) is 10.2 Å². The summed E-state index contributed by atoms with van der Waals surface area (Å²) in [5.74, 6) is -3.56. The van der Waals surface area contributed by atoms with Gasteiger partial charge in [-0.05, 0) is 47.9 Å². The van der Waals surface area contributed by atoms with Crippen LogP contribution in [0.25, 0.3) is 0 Å². The molecule has 3 aromatic carbocycles. The van der Waals surface area contributed by atoms with Gasteiger partial charge in [0.2, 0.25) is 5.13 Å². The lowest BCUT2D eigenvalue weighted by atomic mass is 9.93. The average Bonchev–Trinajstić information content (AvgIpc) is 3.56. The highest BCUT2D eigenvalue weighted by atomic mass is 32.2. The molecule has 0 fully saturated rings. The van der Waals surface area contributed by atoms with Crippen molar-refractivity contribution in [2.24, 2.45) is 16.8 Å². The summed E-state index contributed by atoms with van der Waals surface area (Å²) >= 11 is 1.56. The summed E-state index contributed by atoms with van der Waals surface area (Å²) in [7, 11) is 0. The van der Waals surface area contributed by atoms with E-state index in [9.17, 15) is 35.1 Å². The first-order valence-electron chi connectivity index (χ1n) is 12.6. The van der Waals surface area contributed by atoms with E-state index in [4.69, 9.17) is 5.73 Å². The minimum absolute atomic E-state index is 0.0272. The van der Waals surface area contributed by atoms with Gasteiger partial charge in [0.15, 0.2) is 0 Å². The Kier molecular flexibility index (Phi) is 8.51. The number of anilines is 1. The van der Waals surface area contributed by atoms with E-state index in [0.717, 1.165) is 16.3 Å². The van der Waals surface area contributed by atoms with Crippen LogP contribution >= 0.6 is 23.1 Å². The van der Waals surface area contributed by atoms with Gasteiger partial charge in [-0.1, -0.05) is 65.6 Å². The molecule has 43 heavy (non-hydrogen) atoms. The minimum atomic E-state index is -4.92. The third kappa shape index (κ3) is 6.53. The molecule has 1 aliphatic heterocycles. The Morgan fingerprint density at radius 3 is 2.23 bits per heavy atom. The Bertz CT molecular complexity index is 1620. The van der Waals surface area contributed by atoms with Gasteiger partial charge in [-0.3, -0.25) is 0 Å². The molecule has 1 aliphatic rings. The zero-order valence-electron chi connectivity index (χ0n) is 21.8. The number of hydrogen-bond donors (Lipinski definition) is 1. The zero-order chi connectivity index (χ0) is 31.0. The summed E-state index contributed by atoms with van der Waals surface area (Å²) in [6.45, 7) is -0.809. The van der Waals surface area contributed by atoms with Crippen molar-refractivity contribution < 1.29 is 35.1 Å². The van der Waals surface area contributed by atoms with Gasteiger partial charge in [-0.25, -0.2) is 13.8 Å². The van der Waals surface area contributed by atoms with Crippen molar-refractivity contribution >= 4 is 33.3 Å². The normalized spacial score (nSPS) is 18.2. The van der Waals surface area contributed by atoms with Crippen LogP contribution < -0.4 is 10.7 Å². The van der Waals surface area contributed by atoms with Crippen molar-refractivity contribution in [3.8, 4) is 0 Å². The summed E-state index contributed by atoms with van der Waals surface area (Å²) in [5.41, 5.74) is 4.54. The number of thioether (sulfide) groups is 1. The molecule has 2 heterocycles. The van der Waals surface area contributed by atoms with Gasteiger partial charge in [-0.2, -0.15) is 31.4 Å². The number of alkyl halides is 6. The second kappa shape index (κ2) is 11.8. The molecule has 0 bridgehead atoms. The van der Waals surface area contributed by atoms with E-state index < -0.39 is 58.9 Å². The van der Waals surface area contributed by atoms with Crippen LogP contribution in [0.4, 0.5) is 40.3 Å². The third-order valence-corrected chi connectivity index (χ3v) is 9.00. The first-order chi connectivity index (χ1) is 20.3. The maximum Gasteiger partial charge on any atom is 0.417 e. The molecule has 2 unspecified atom stereocenters. The van der Waals surface area contributed by atoms with Crippen molar-refractivity contribution in [3.63, 3.8) is 0 Å². The number of benzene rings is 3. The lowest BCUT2D eigenvalue weighted by Crippen LogP contribution is -2.44. The Morgan fingerprint density at radius 2 is 1.58 bits per heavy atom. The molecule has 0 radical (unpaired) electrons. The molecule has 1 aromatic heterocycles. The topological polar surface area (TPSA) is 67.4 Å². The molecule has 2 N–H and O–H groups in total. The predicted octanol–water partition coefficient (Wildman–Crippen LogP) is 7.72. The number of halogens is 8. The highest BCUT2D eigenvalue weighted by molar-refractivity contribution is 8.15. The van der Waals surface area contributed by atoms with Crippen LogP contribution in [0.2, 0.25) is 0 Å². The maximum absolute atomic E-state index is 14.3. The molecule has 226 valence electrons. The number of nitrogens with two attached hydrogens (primary N) is 1. The zero-order valence-corrected chi connectivity index (χ0v) is 23.5. The highest BCUT2D eigenvalue weighted by Crippen LogP contribution is 2.55. The summed E-state index contributed by atoms with van der Waals surface area (Å²) < 4.78 is 113. The standard InChI is InChI=1S/C28H21F8N5S2/c29-19-8-4-5-16(11-19)12-23-38-39-25(42-23)41-26(17-6-2-1-3-7-17,14-18(15-37)27(31,32)33)43-24(40-41)21-13-20(30)9-10-22(21)28(34,35)36/h1-11,13,18H,12,14-15,37H2.